The minimum absolute atomic E-state index is 0.135. The van der Waals surface area contributed by atoms with E-state index in [0.29, 0.717) is 42.5 Å². The maximum atomic E-state index is 12.9. The molecule has 148 valence electrons. The van der Waals surface area contributed by atoms with Crippen LogP contribution in [0.15, 0.2) is 59.7 Å². The molecule has 0 saturated carbocycles. The summed E-state index contributed by atoms with van der Waals surface area (Å²) >= 11 is 0. The van der Waals surface area contributed by atoms with Gasteiger partial charge in [-0.05, 0) is 18.2 Å². The SMILES string of the molecule is COCCn1cc(C(=O)NCCc2nnc3ccccn23)c2ccccc2c1=O. The fourth-order valence-corrected chi connectivity index (χ4v) is 3.32. The van der Waals surface area contributed by atoms with Crippen molar-refractivity contribution in [1.82, 2.24) is 24.5 Å². The number of benzene rings is 1. The standard InChI is InChI=1S/C21H21N5O3/c1-29-13-12-25-14-17(15-6-2-3-7-16(15)21(25)28)20(27)22-10-9-19-24-23-18-8-4-5-11-26(18)19/h2-8,11,14H,9-10,12-13H2,1H3,(H,22,27). The summed E-state index contributed by atoms with van der Waals surface area (Å²) in [5.41, 5.74) is 1.09. The molecule has 0 aliphatic carbocycles. The van der Waals surface area contributed by atoms with Crippen LogP contribution in [0, 0.1) is 0 Å². The molecule has 0 aliphatic heterocycles. The zero-order chi connectivity index (χ0) is 20.2. The number of nitrogens with one attached hydrogen (secondary N) is 1. The fraction of sp³-hybridized carbons (Fsp3) is 0.238. The van der Waals surface area contributed by atoms with Crippen molar-refractivity contribution in [3.05, 3.63) is 76.6 Å². The first-order valence-corrected chi connectivity index (χ1v) is 9.37. The third kappa shape index (κ3) is 3.74. The van der Waals surface area contributed by atoms with Crippen LogP contribution in [0.4, 0.5) is 0 Å². The van der Waals surface area contributed by atoms with Gasteiger partial charge in [0.2, 0.25) is 0 Å². The van der Waals surface area contributed by atoms with Crippen LogP contribution >= 0.6 is 0 Å². The topological polar surface area (TPSA) is 90.5 Å². The van der Waals surface area contributed by atoms with E-state index >= 15 is 0 Å². The number of aromatic nitrogens is 4. The van der Waals surface area contributed by atoms with Gasteiger partial charge < -0.3 is 14.6 Å². The van der Waals surface area contributed by atoms with Crippen molar-refractivity contribution < 1.29 is 9.53 Å². The smallest absolute Gasteiger partial charge is 0.258 e. The largest absolute Gasteiger partial charge is 0.383 e. The van der Waals surface area contributed by atoms with Crippen LogP contribution in [0.2, 0.25) is 0 Å². The highest BCUT2D eigenvalue weighted by Gasteiger charge is 2.15. The quantitative estimate of drug-likeness (QED) is 0.517. The Morgan fingerprint density at radius 3 is 2.72 bits per heavy atom. The first-order valence-electron chi connectivity index (χ1n) is 9.37. The molecule has 0 saturated heterocycles. The van der Waals surface area contributed by atoms with Gasteiger partial charge in [0, 0.05) is 49.8 Å². The van der Waals surface area contributed by atoms with Crippen LogP contribution in [-0.2, 0) is 17.7 Å². The monoisotopic (exact) mass is 391 g/mol. The van der Waals surface area contributed by atoms with E-state index in [2.05, 4.69) is 15.5 Å². The van der Waals surface area contributed by atoms with Gasteiger partial charge in [-0.15, -0.1) is 10.2 Å². The van der Waals surface area contributed by atoms with E-state index in [-0.39, 0.29) is 11.5 Å². The van der Waals surface area contributed by atoms with E-state index in [1.165, 1.54) is 4.57 Å². The second-order valence-electron chi connectivity index (χ2n) is 6.63. The number of pyridine rings is 2. The van der Waals surface area contributed by atoms with Crippen LogP contribution in [0.25, 0.3) is 16.4 Å². The number of carbonyl (C=O) groups is 1. The molecule has 8 nitrogen and oxygen atoms in total. The molecule has 0 unspecified atom stereocenters. The number of amides is 1. The first-order chi connectivity index (χ1) is 14.2. The van der Waals surface area contributed by atoms with E-state index in [9.17, 15) is 9.59 Å². The van der Waals surface area contributed by atoms with Crippen molar-refractivity contribution in [1.29, 1.82) is 0 Å². The molecule has 0 bridgehead atoms. The summed E-state index contributed by atoms with van der Waals surface area (Å²) in [6.45, 7) is 1.17. The molecule has 3 heterocycles. The van der Waals surface area contributed by atoms with Crippen molar-refractivity contribution in [2.45, 2.75) is 13.0 Å². The summed E-state index contributed by atoms with van der Waals surface area (Å²) in [4.78, 5) is 25.5. The lowest BCUT2D eigenvalue weighted by molar-refractivity contribution is 0.0954. The second-order valence-corrected chi connectivity index (χ2v) is 6.63. The maximum Gasteiger partial charge on any atom is 0.258 e. The highest BCUT2D eigenvalue weighted by molar-refractivity contribution is 6.06. The Morgan fingerprint density at radius 2 is 1.90 bits per heavy atom. The summed E-state index contributed by atoms with van der Waals surface area (Å²) in [5.74, 6) is 0.539. The molecule has 0 fully saturated rings. The number of hydrogen-bond acceptors (Lipinski definition) is 5. The average molecular weight is 391 g/mol. The molecule has 0 aliphatic rings. The molecular weight excluding hydrogens is 370 g/mol. The summed E-state index contributed by atoms with van der Waals surface area (Å²) in [6.07, 6.45) is 4.04. The van der Waals surface area contributed by atoms with Crippen molar-refractivity contribution in [3.8, 4) is 0 Å². The lowest BCUT2D eigenvalue weighted by Gasteiger charge is -2.12. The minimum atomic E-state index is -0.235. The summed E-state index contributed by atoms with van der Waals surface area (Å²) < 4.78 is 8.50. The number of ether oxygens (including phenoxy) is 1. The van der Waals surface area contributed by atoms with Crippen molar-refractivity contribution >= 4 is 22.3 Å². The normalized spacial score (nSPS) is 11.2. The van der Waals surface area contributed by atoms with Gasteiger partial charge in [0.05, 0.1) is 12.2 Å². The third-order valence-corrected chi connectivity index (χ3v) is 4.79. The maximum absolute atomic E-state index is 12.9. The van der Waals surface area contributed by atoms with Crippen molar-refractivity contribution in [2.75, 3.05) is 20.3 Å². The zero-order valence-corrected chi connectivity index (χ0v) is 16.0. The van der Waals surface area contributed by atoms with E-state index < -0.39 is 0 Å². The molecule has 29 heavy (non-hydrogen) atoms. The van der Waals surface area contributed by atoms with Gasteiger partial charge in [-0.1, -0.05) is 24.3 Å². The molecule has 1 aromatic carbocycles. The lowest BCUT2D eigenvalue weighted by Crippen LogP contribution is -2.30. The Balaban J connectivity index is 1.56. The fourth-order valence-electron chi connectivity index (χ4n) is 3.32. The molecule has 4 rings (SSSR count). The van der Waals surface area contributed by atoms with Crippen LogP contribution in [-0.4, -0.2) is 45.3 Å². The lowest BCUT2D eigenvalue weighted by atomic mass is 10.1. The molecular formula is C21H21N5O3. The molecule has 3 aromatic heterocycles. The Hall–Kier alpha value is -3.52. The minimum Gasteiger partial charge on any atom is -0.383 e. The van der Waals surface area contributed by atoms with Gasteiger partial charge >= 0.3 is 0 Å². The number of rotatable bonds is 7. The van der Waals surface area contributed by atoms with Gasteiger partial charge in [0.25, 0.3) is 11.5 Å². The van der Waals surface area contributed by atoms with Gasteiger partial charge in [-0.3, -0.25) is 14.0 Å². The highest BCUT2D eigenvalue weighted by atomic mass is 16.5. The van der Waals surface area contributed by atoms with Gasteiger partial charge in [-0.25, -0.2) is 0 Å². The van der Waals surface area contributed by atoms with Crippen LogP contribution in [0.1, 0.15) is 16.2 Å². The van der Waals surface area contributed by atoms with Crippen LogP contribution < -0.4 is 10.9 Å². The molecule has 1 N–H and O–H groups in total. The average Bonchev–Trinajstić information content (AvgIpc) is 3.16. The number of nitrogens with zero attached hydrogens (tertiary/aromatic N) is 4. The summed E-state index contributed by atoms with van der Waals surface area (Å²) in [7, 11) is 1.58. The predicted octanol–water partition coefficient (Wildman–Crippen LogP) is 1.66. The zero-order valence-electron chi connectivity index (χ0n) is 16.0. The number of fused-ring (bicyclic) bond motifs is 2. The highest BCUT2D eigenvalue weighted by Crippen LogP contribution is 2.15. The van der Waals surface area contributed by atoms with Gasteiger partial charge in [-0.2, -0.15) is 0 Å². The van der Waals surface area contributed by atoms with Crippen LogP contribution in [0.5, 0.6) is 0 Å². The van der Waals surface area contributed by atoms with Crippen LogP contribution in [0.3, 0.4) is 0 Å². The Bertz CT molecular complexity index is 1230. The Morgan fingerprint density at radius 1 is 1.10 bits per heavy atom. The molecule has 8 heteroatoms. The van der Waals surface area contributed by atoms with Crippen molar-refractivity contribution in [2.24, 2.45) is 0 Å². The van der Waals surface area contributed by atoms with E-state index in [1.807, 2.05) is 34.9 Å². The second kappa shape index (κ2) is 8.24. The van der Waals surface area contributed by atoms with E-state index in [4.69, 9.17) is 4.74 Å². The van der Waals surface area contributed by atoms with E-state index in [1.54, 1.807) is 31.5 Å². The number of hydrogen-bond donors (Lipinski definition) is 1. The predicted molar refractivity (Wildman–Crippen MR) is 109 cm³/mol. The molecule has 1 amide bonds. The summed E-state index contributed by atoms with van der Waals surface area (Å²) in [5, 5.41) is 12.4. The molecule has 0 spiro atoms. The number of carbonyl (C=O) groups excluding carboxylic acids is 1. The molecule has 0 atom stereocenters. The van der Waals surface area contributed by atoms with Gasteiger partial charge in [0.15, 0.2) is 5.65 Å². The molecule has 4 aromatic rings. The first kappa shape index (κ1) is 18.8. The summed E-state index contributed by atoms with van der Waals surface area (Å²) in [6, 6.07) is 12.8. The Kier molecular flexibility index (Phi) is 5.35. The van der Waals surface area contributed by atoms with Gasteiger partial charge in [0.1, 0.15) is 5.82 Å². The third-order valence-electron chi connectivity index (χ3n) is 4.79. The number of methoxy groups -OCH3 is 1. The van der Waals surface area contributed by atoms with Crippen molar-refractivity contribution in [3.63, 3.8) is 0 Å². The van der Waals surface area contributed by atoms with E-state index in [0.717, 1.165) is 11.5 Å². The Labute approximate surface area is 166 Å². The molecule has 0 radical (unpaired) electrons.